The molecule has 0 radical (unpaired) electrons. The topological polar surface area (TPSA) is 112 Å². The number of para-hydroxylation sites is 1. The van der Waals surface area contributed by atoms with Gasteiger partial charge in [-0.3, -0.25) is 15.2 Å². The number of anilines is 2. The third-order valence-corrected chi connectivity index (χ3v) is 6.48. The van der Waals surface area contributed by atoms with E-state index in [9.17, 15) is 18.8 Å². The Labute approximate surface area is 237 Å². The number of likely N-dealkylation sites (tertiary alicyclic amines) is 1. The lowest BCUT2D eigenvalue weighted by Gasteiger charge is -2.19. The Bertz CT molecular complexity index is 1570. The Morgan fingerprint density at radius 1 is 1.00 bits per heavy atom. The summed E-state index contributed by atoms with van der Waals surface area (Å²) in [6, 6.07) is 16.0. The Kier molecular flexibility index (Phi) is 9.64. The molecule has 2 aromatic heterocycles. The number of pyridine rings is 2. The molecular weight excluding hydrogens is 525 g/mol. The van der Waals surface area contributed by atoms with E-state index in [4.69, 9.17) is 0 Å². The molecule has 11 heteroatoms. The molecule has 1 fully saturated rings. The van der Waals surface area contributed by atoms with Crippen molar-refractivity contribution in [2.24, 2.45) is 0 Å². The highest BCUT2D eigenvalue weighted by Gasteiger charge is 2.17. The molecule has 0 atom stereocenters. The molecule has 1 aliphatic rings. The third-order valence-electron chi connectivity index (χ3n) is 6.48. The number of benzene rings is 2. The Morgan fingerprint density at radius 3 is 2.41 bits per heavy atom. The second-order valence-electron chi connectivity index (χ2n) is 9.69. The molecule has 3 heterocycles. The molecule has 4 aromatic rings. The highest BCUT2D eigenvalue weighted by molar-refractivity contribution is 6.00. The molecule has 2 aromatic carbocycles. The van der Waals surface area contributed by atoms with Gasteiger partial charge in [0, 0.05) is 62.8 Å². The van der Waals surface area contributed by atoms with Crippen molar-refractivity contribution in [2.45, 2.75) is 26.3 Å². The van der Waals surface area contributed by atoms with E-state index in [1.807, 2.05) is 32.0 Å². The summed E-state index contributed by atoms with van der Waals surface area (Å²) in [5.41, 5.74) is 4.77. The smallest absolute Gasteiger partial charge is 0.324 e. The van der Waals surface area contributed by atoms with Crippen LogP contribution < -0.4 is 21.6 Å². The number of hydrogen-bond acceptors (Lipinski definition) is 5. The van der Waals surface area contributed by atoms with Crippen LogP contribution in [0.5, 0.6) is 0 Å². The molecule has 0 aliphatic carbocycles. The average molecular weight is 560 g/mol. The molecule has 4 amide bonds. The fourth-order valence-corrected chi connectivity index (χ4v) is 4.53. The number of amides is 4. The number of carbonyl (C=O) groups excluding carboxylic acids is 2. The number of urea groups is 2. The van der Waals surface area contributed by atoms with Crippen LogP contribution in [-0.2, 0) is 6.54 Å². The van der Waals surface area contributed by atoms with Crippen LogP contribution >= 0.6 is 0 Å². The molecule has 1 saturated heterocycles. The van der Waals surface area contributed by atoms with Gasteiger partial charge in [-0.1, -0.05) is 24.3 Å². The van der Waals surface area contributed by atoms with Gasteiger partial charge in [0.05, 0.1) is 11.2 Å². The van der Waals surface area contributed by atoms with E-state index < -0.39 is 11.8 Å². The van der Waals surface area contributed by atoms with Crippen LogP contribution in [0.2, 0.25) is 0 Å². The van der Waals surface area contributed by atoms with Crippen LogP contribution in [0.25, 0.3) is 22.0 Å². The fraction of sp³-hybridized carbons (Fsp3) is 0.267. The highest BCUT2D eigenvalue weighted by atomic mass is 19.1. The van der Waals surface area contributed by atoms with Gasteiger partial charge < -0.3 is 20.1 Å². The lowest BCUT2D eigenvalue weighted by Crippen LogP contribution is -2.44. The van der Waals surface area contributed by atoms with Crippen LogP contribution in [-0.4, -0.2) is 58.7 Å². The van der Waals surface area contributed by atoms with Crippen molar-refractivity contribution in [1.82, 2.24) is 24.9 Å². The average Bonchev–Trinajstić information content (AvgIpc) is 3.50. The minimum Gasteiger partial charge on any atom is -0.324 e. The van der Waals surface area contributed by atoms with Crippen LogP contribution in [0.3, 0.4) is 0 Å². The molecule has 214 valence electrons. The van der Waals surface area contributed by atoms with Crippen molar-refractivity contribution < 1.29 is 14.0 Å². The first-order valence-electron chi connectivity index (χ1n) is 13.4. The van der Waals surface area contributed by atoms with Crippen molar-refractivity contribution in [3.63, 3.8) is 0 Å². The summed E-state index contributed by atoms with van der Waals surface area (Å²) in [7, 11) is 3.63. The Hall–Kier alpha value is -4.77. The number of carbonyl (C=O) groups is 2. The number of halogens is 1. The summed E-state index contributed by atoms with van der Waals surface area (Å²) in [4.78, 5) is 42.5. The van der Waals surface area contributed by atoms with Gasteiger partial charge in [0.2, 0.25) is 0 Å². The predicted molar refractivity (Wildman–Crippen MR) is 159 cm³/mol. The number of nitrogens with one attached hydrogen (secondary N) is 3. The number of rotatable bonds is 5. The molecule has 0 spiro atoms. The van der Waals surface area contributed by atoms with Gasteiger partial charge in [-0.05, 0) is 61.7 Å². The lowest BCUT2D eigenvalue weighted by atomic mass is 10.0. The van der Waals surface area contributed by atoms with Crippen LogP contribution in [0.4, 0.5) is 25.4 Å². The lowest BCUT2D eigenvalue weighted by molar-refractivity contribution is 0.180. The Balaban J connectivity index is 0.000000296. The molecule has 41 heavy (non-hydrogen) atoms. The van der Waals surface area contributed by atoms with Gasteiger partial charge in [-0.15, -0.1) is 0 Å². The summed E-state index contributed by atoms with van der Waals surface area (Å²) in [5.74, 6) is -0.597. The van der Waals surface area contributed by atoms with E-state index in [2.05, 4.69) is 21.0 Å². The number of fused-ring (bicyclic) bond motifs is 1. The van der Waals surface area contributed by atoms with Crippen molar-refractivity contribution >= 4 is 34.3 Å². The number of aromatic nitrogens is 2. The fourth-order valence-electron chi connectivity index (χ4n) is 4.53. The first-order chi connectivity index (χ1) is 19.8. The Morgan fingerprint density at radius 2 is 1.73 bits per heavy atom. The molecule has 3 N–H and O–H groups in total. The van der Waals surface area contributed by atoms with Crippen LogP contribution in [0.15, 0.2) is 77.9 Å². The summed E-state index contributed by atoms with van der Waals surface area (Å²) < 4.78 is 16.0. The second kappa shape index (κ2) is 13.5. The summed E-state index contributed by atoms with van der Waals surface area (Å²) in [5, 5.41) is 7.62. The van der Waals surface area contributed by atoms with Crippen LogP contribution in [0, 0.1) is 5.82 Å². The zero-order valence-corrected chi connectivity index (χ0v) is 23.4. The van der Waals surface area contributed by atoms with Crippen molar-refractivity contribution in [3.8, 4) is 11.1 Å². The zero-order chi connectivity index (χ0) is 29.4. The van der Waals surface area contributed by atoms with Crippen molar-refractivity contribution in [1.29, 1.82) is 0 Å². The molecule has 0 unspecified atom stereocenters. The van der Waals surface area contributed by atoms with Gasteiger partial charge in [-0.2, -0.15) is 0 Å². The quantitative estimate of drug-likeness (QED) is 0.294. The second-order valence-corrected chi connectivity index (χ2v) is 9.69. The van der Waals surface area contributed by atoms with Gasteiger partial charge >= 0.3 is 12.1 Å². The zero-order valence-electron chi connectivity index (χ0n) is 23.4. The normalized spacial score (nSPS) is 12.6. The van der Waals surface area contributed by atoms with Crippen molar-refractivity contribution in [2.75, 3.05) is 37.8 Å². The standard InChI is InChI=1S/C23H19FN4O2.C7H15N3O/c1-2-28-21-10-11-25-14-16(21)12-18(22(28)29)15-8-9-19(24)20(13-15)27-23(30)26-17-6-4-3-5-7-17;1-9(2)8-7(11)10-5-3-4-6-10/h3-14H,2H2,1H3,(H2,26,27,30);3-6H2,1-2H3,(H,8,11). The van der Waals surface area contributed by atoms with Gasteiger partial charge in [0.15, 0.2) is 0 Å². The highest BCUT2D eigenvalue weighted by Crippen LogP contribution is 2.25. The van der Waals surface area contributed by atoms with E-state index in [1.165, 1.54) is 18.2 Å². The van der Waals surface area contributed by atoms with E-state index in [0.29, 0.717) is 23.4 Å². The molecule has 10 nitrogen and oxygen atoms in total. The monoisotopic (exact) mass is 559 g/mol. The largest absolute Gasteiger partial charge is 0.331 e. The summed E-state index contributed by atoms with van der Waals surface area (Å²) in [6.45, 7) is 4.18. The number of nitrogens with zero attached hydrogens (tertiary/aromatic N) is 4. The van der Waals surface area contributed by atoms with Crippen molar-refractivity contribution in [3.05, 3.63) is 89.2 Å². The number of hydrogen-bond donors (Lipinski definition) is 3. The van der Waals surface area contributed by atoms with E-state index >= 15 is 0 Å². The minimum absolute atomic E-state index is 0.0188. The maximum Gasteiger partial charge on any atom is 0.331 e. The molecule has 5 rings (SSSR count). The summed E-state index contributed by atoms with van der Waals surface area (Å²) >= 11 is 0. The first-order valence-corrected chi connectivity index (χ1v) is 13.4. The number of aryl methyl sites for hydroxylation is 1. The molecule has 0 bridgehead atoms. The SMILES string of the molecule is CCn1c(=O)c(-c2ccc(F)c(NC(=O)Nc3ccccc3)c2)cc2cnccc21.CN(C)NC(=O)N1CCCC1. The maximum atomic E-state index is 14.3. The van der Waals surface area contributed by atoms with E-state index in [-0.39, 0.29) is 17.3 Å². The predicted octanol–water partition coefficient (Wildman–Crippen LogP) is 5.13. The maximum absolute atomic E-state index is 14.3. The van der Waals surface area contributed by atoms with Crippen LogP contribution in [0.1, 0.15) is 19.8 Å². The van der Waals surface area contributed by atoms with Gasteiger partial charge in [0.25, 0.3) is 5.56 Å². The van der Waals surface area contributed by atoms with Gasteiger partial charge in [0.1, 0.15) is 5.82 Å². The van der Waals surface area contributed by atoms with Gasteiger partial charge in [-0.25, -0.2) is 19.0 Å². The third kappa shape index (κ3) is 7.46. The minimum atomic E-state index is -0.597. The van der Waals surface area contributed by atoms with E-state index in [0.717, 1.165) is 36.8 Å². The molecule has 0 saturated carbocycles. The number of hydrazine groups is 1. The molecular formula is C30H34FN7O3. The van der Waals surface area contributed by atoms with E-state index in [1.54, 1.807) is 58.4 Å². The summed E-state index contributed by atoms with van der Waals surface area (Å²) in [6.07, 6.45) is 5.60. The first kappa shape index (κ1) is 29.2. The molecule has 1 aliphatic heterocycles.